The smallest absolute Gasteiger partial charge is 0.150 e. The van der Waals surface area contributed by atoms with E-state index < -0.39 is 0 Å². The van der Waals surface area contributed by atoms with Gasteiger partial charge in [0.05, 0.1) is 0 Å². The number of thiophene rings is 1. The second-order valence-electron chi connectivity index (χ2n) is 2.83. The van der Waals surface area contributed by atoms with Crippen LogP contribution in [-0.2, 0) is 0 Å². The van der Waals surface area contributed by atoms with Gasteiger partial charge in [-0.15, -0.1) is 11.3 Å². The molecule has 2 rings (SSSR count). The highest BCUT2D eigenvalue weighted by Crippen LogP contribution is 2.31. The number of carbonyl (C=O) groups is 1. The van der Waals surface area contributed by atoms with E-state index in [2.05, 4.69) is 0 Å². The Kier molecular flexibility index (Phi) is 2.66. The molecule has 3 heteroatoms. The van der Waals surface area contributed by atoms with Crippen molar-refractivity contribution < 1.29 is 4.79 Å². The molecule has 1 nitrogen and oxygen atoms in total. The highest BCUT2D eigenvalue weighted by Gasteiger charge is 2.04. The van der Waals surface area contributed by atoms with Crippen LogP contribution in [0.15, 0.2) is 35.7 Å². The fourth-order valence-corrected chi connectivity index (χ4v) is 2.27. The van der Waals surface area contributed by atoms with Crippen molar-refractivity contribution >= 4 is 29.2 Å². The first-order valence-electron chi connectivity index (χ1n) is 4.10. The first kappa shape index (κ1) is 9.44. The maximum Gasteiger partial charge on any atom is 0.150 e. The van der Waals surface area contributed by atoms with E-state index >= 15 is 0 Å². The van der Waals surface area contributed by atoms with Crippen molar-refractivity contribution in [2.75, 3.05) is 0 Å². The Morgan fingerprint density at radius 3 is 2.79 bits per heavy atom. The van der Waals surface area contributed by atoms with Crippen LogP contribution in [0.1, 0.15) is 10.4 Å². The van der Waals surface area contributed by atoms with E-state index in [1.807, 2.05) is 17.5 Å². The van der Waals surface area contributed by atoms with Crippen LogP contribution in [-0.4, -0.2) is 6.29 Å². The van der Waals surface area contributed by atoms with E-state index in [9.17, 15) is 4.79 Å². The van der Waals surface area contributed by atoms with Gasteiger partial charge in [0.2, 0.25) is 0 Å². The van der Waals surface area contributed by atoms with Crippen LogP contribution in [0.5, 0.6) is 0 Å². The van der Waals surface area contributed by atoms with E-state index in [-0.39, 0.29) is 0 Å². The summed E-state index contributed by atoms with van der Waals surface area (Å²) in [5.41, 5.74) is 1.57. The lowest BCUT2D eigenvalue weighted by Crippen LogP contribution is -1.81. The first-order valence-corrected chi connectivity index (χ1v) is 5.35. The second kappa shape index (κ2) is 3.95. The minimum Gasteiger partial charge on any atom is -0.298 e. The van der Waals surface area contributed by atoms with Gasteiger partial charge in [0, 0.05) is 21.0 Å². The molecule has 2 aromatic rings. The van der Waals surface area contributed by atoms with E-state index in [1.54, 1.807) is 29.5 Å². The summed E-state index contributed by atoms with van der Waals surface area (Å²) < 4.78 is 0. The van der Waals surface area contributed by atoms with Crippen molar-refractivity contribution in [2.24, 2.45) is 0 Å². The Balaban J connectivity index is 2.57. The van der Waals surface area contributed by atoms with Crippen molar-refractivity contribution in [3.05, 3.63) is 46.3 Å². The van der Waals surface area contributed by atoms with Gasteiger partial charge in [-0.3, -0.25) is 4.79 Å². The van der Waals surface area contributed by atoms with E-state index in [4.69, 9.17) is 11.6 Å². The van der Waals surface area contributed by atoms with E-state index in [0.29, 0.717) is 10.6 Å². The molecule has 0 atom stereocenters. The standard InChI is InChI=1S/C11H7ClOS/c12-10-4-3-8(7-13)6-9(10)11-2-1-5-14-11/h1-7H. The summed E-state index contributed by atoms with van der Waals surface area (Å²) in [7, 11) is 0. The molecule has 1 aromatic heterocycles. The highest BCUT2D eigenvalue weighted by atomic mass is 35.5. The van der Waals surface area contributed by atoms with Crippen LogP contribution in [0.3, 0.4) is 0 Å². The van der Waals surface area contributed by atoms with Gasteiger partial charge in [-0.05, 0) is 23.6 Å². The van der Waals surface area contributed by atoms with Gasteiger partial charge < -0.3 is 0 Å². The zero-order valence-corrected chi connectivity index (χ0v) is 8.81. The SMILES string of the molecule is O=Cc1ccc(Cl)c(-c2cccs2)c1. The van der Waals surface area contributed by atoms with E-state index in [1.165, 1.54) is 0 Å². The van der Waals surface area contributed by atoms with Crippen LogP contribution < -0.4 is 0 Å². The first-order chi connectivity index (χ1) is 6.81. The quantitative estimate of drug-likeness (QED) is 0.705. The number of aldehydes is 1. The predicted octanol–water partition coefficient (Wildman–Crippen LogP) is 3.88. The topological polar surface area (TPSA) is 17.1 Å². The van der Waals surface area contributed by atoms with Crippen LogP contribution in [0.4, 0.5) is 0 Å². The third-order valence-corrected chi connectivity index (χ3v) is 3.15. The van der Waals surface area contributed by atoms with Gasteiger partial charge in [0.15, 0.2) is 0 Å². The molecule has 70 valence electrons. The molecule has 0 saturated heterocycles. The van der Waals surface area contributed by atoms with E-state index in [0.717, 1.165) is 16.7 Å². The van der Waals surface area contributed by atoms with Gasteiger partial charge >= 0.3 is 0 Å². The summed E-state index contributed by atoms with van der Waals surface area (Å²) in [5, 5.41) is 2.66. The summed E-state index contributed by atoms with van der Waals surface area (Å²) in [6.07, 6.45) is 0.827. The third kappa shape index (κ3) is 1.72. The zero-order valence-electron chi connectivity index (χ0n) is 7.24. The maximum atomic E-state index is 10.6. The fourth-order valence-electron chi connectivity index (χ4n) is 1.24. The lowest BCUT2D eigenvalue weighted by molar-refractivity contribution is 0.112. The molecular weight excluding hydrogens is 216 g/mol. The summed E-state index contributed by atoms with van der Waals surface area (Å²) in [6, 6.07) is 9.22. The van der Waals surface area contributed by atoms with Gasteiger partial charge in [-0.25, -0.2) is 0 Å². The number of hydrogen-bond donors (Lipinski definition) is 0. The van der Waals surface area contributed by atoms with Gasteiger partial charge in [0.1, 0.15) is 6.29 Å². The largest absolute Gasteiger partial charge is 0.298 e. The van der Waals surface area contributed by atoms with Gasteiger partial charge in [-0.2, -0.15) is 0 Å². The number of halogens is 1. The molecule has 1 heterocycles. The molecule has 0 unspecified atom stereocenters. The summed E-state index contributed by atoms with van der Waals surface area (Å²) in [5.74, 6) is 0. The van der Waals surface area contributed by atoms with Crippen molar-refractivity contribution in [3.8, 4) is 10.4 Å². The molecular formula is C11H7ClOS. The number of hydrogen-bond acceptors (Lipinski definition) is 2. The number of benzene rings is 1. The Hall–Kier alpha value is -1.12. The second-order valence-corrected chi connectivity index (χ2v) is 4.19. The fraction of sp³-hybridized carbons (Fsp3) is 0. The minimum absolute atomic E-state index is 0.651. The molecule has 0 spiro atoms. The van der Waals surface area contributed by atoms with Crippen molar-refractivity contribution in [2.45, 2.75) is 0 Å². The average molecular weight is 223 g/mol. The molecule has 0 amide bonds. The predicted molar refractivity (Wildman–Crippen MR) is 60.2 cm³/mol. The Morgan fingerprint density at radius 2 is 2.14 bits per heavy atom. The lowest BCUT2D eigenvalue weighted by Gasteiger charge is -2.01. The van der Waals surface area contributed by atoms with Crippen LogP contribution in [0, 0.1) is 0 Å². The zero-order chi connectivity index (χ0) is 9.97. The van der Waals surface area contributed by atoms with Crippen LogP contribution in [0.25, 0.3) is 10.4 Å². The molecule has 0 aliphatic carbocycles. The van der Waals surface area contributed by atoms with Crippen molar-refractivity contribution in [3.63, 3.8) is 0 Å². The van der Waals surface area contributed by atoms with Crippen molar-refractivity contribution in [1.82, 2.24) is 0 Å². The molecule has 0 fully saturated rings. The number of rotatable bonds is 2. The average Bonchev–Trinajstić information content (AvgIpc) is 2.71. The molecule has 0 radical (unpaired) electrons. The Labute approximate surface area is 91.0 Å². The Morgan fingerprint density at radius 1 is 1.29 bits per heavy atom. The number of carbonyl (C=O) groups excluding carboxylic acids is 1. The van der Waals surface area contributed by atoms with Gasteiger partial charge in [0.25, 0.3) is 0 Å². The third-order valence-electron chi connectivity index (χ3n) is 1.91. The summed E-state index contributed by atoms with van der Waals surface area (Å²) in [4.78, 5) is 11.7. The molecule has 0 aliphatic heterocycles. The van der Waals surface area contributed by atoms with Crippen LogP contribution >= 0.6 is 22.9 Å². The summed E-state index contributed by atoms with van der Waals surface area (Å²) >= 11 is 7.64. The molecule has 0 saturated carbocycles. The highest BCUT2D eigenvalue weighted by molar-refractivity contribution is 7.13. The normalized spacial score (nSPS) is 10.1. The van der Waals surface area contributed by atoms with Crippen LogP contribution in [0.2, 0.25) is 5.02 Å². The molecule has 14 heavy (non-hydrogen) atoms. The monoisotopic (exact) mass is 222 g/mol. The molecule has 0 aliphatic rings. The lowest BCUT2D eigenvalue weighted by atomic mass is 10.1. The minimum atomic E-state index is 0.651. The van der Waals surface area contributed by atoms with Crippen molar-refractivity contribution in [1.29, 1.82) is 0 Å². The maximum absolute atomic E-state index is 10.6. The van der Waals surface area contributed by atoms with Gasteiger partial charge in [-0.1, -0.05) is 23.7 Å². The Bertz CT molecular complexity index is 448. The molecule has 1 aromatic carbocycles. The molecule has 0 bridgehead atoms. The summed E-state index contributed by atoms with van der Waals surface area (Å²) in [6.45, 7) is 0. The molecule has 0 N–H and O–H groups in total.